The fourth-order valence-corrected chi connectivity index (χ4v) is 3.98. The molecule has 1 fully saturated rings. The highest BCUT2D eigenvalue weighted by molar-refractivity contribution is 9.10. The van der Waals surface area contributed by atoms with Crippen molar-refractivity contribution in [3.05, 3.63) is 33.8 Å². The Morgan fingerprint density at radius 1 is 1.26 bits per heavy atom. The van der Waals surface area contributed by atoms with Crippen molar-refractivity contribution in [2.45, 2.75) is 31.7 Å². The van der Waals surface area contributed by atoms with Gasteiger partial charge >= 0.3 is 0 Å². The predicted octanol–water partition coefficient (Wildman–Crippen LogP) is 3.37. The summed E-state index contributed by atoms with van der Waals surface area (Å²) in [6.07, 6.45) is 5.16. The highest BCUT2D eigenvalue weighted by Crippen LogP contribution is 2.35. The molecule has 19 heavy (non-hydrogen) atoms. The average Bonchev–Trinajstić information content (AvgIpc) is 2.83. The van der Waals surface area contributed by atoms with Gasteiger partial charge in [-0.1, -0.05) is 28.1 Å². The van der Waals surface area contributed by atoms with E-state index >= 15 is 0 Å². The molecule has 0 aromatic heterocycles. The van der Waals surface area contributed by atoms with E-state index in [-0.39, 0.29) is 0 Å². The molecule has 1 aliphatic heterocycles. The lowest BCUT2D eigenvalue weighted by atomic mass is 9.96. The predicted molar refractivity (Wildman–Crippen MR) is 83.4 cm³/mol. The summed E-state index contributed by atoms with van der Waals surface area (Å²) in [5.41, 5.74) is 3.03. The molecule has 0 amide bonds. The Balaban J connectivity index is 1.57. The van der Waals surface area contributed by atoms with Gasteiger partial charge in [-0.05, 0) is 75.5 Å². The second-order valence-electron chi connectivity index (χ2n) is 6.05. The van der Waals surface area contributed by atoms with Gasteiger partial charge in [-0.3, -0.25) is 0 Å². The van der Waals surface area contributed by atoms with Crippen LogP contribution in [-0.2, 0) is 6.42 Å². The number of halogens is 1. The van der Waals surface area contributed by atoms with E-state index in [1.54, 1.807) is 0 Å². The molecule has 3 heteroatoms. The van der Waals surface area contributed by atoms with Crippen LogP contribution in [-0.4, -0.2) is 31.6 Å². The molecule has 1 saturated heterocycles. The van der Waals surface area contributed by atoms with Gasteiger partial charge < -0.3 is 10.2 Å². The molecule has 1 unspecified atom stereocenters. The normalized spacial score (nSPS) is 24.6. The van der Waals surface area contributed by atoms with Crippen molar-refractivity contribution in [3.8, 4) is 0 Å². The number of fused-ring (bicyclic) bond motifs is 1. The van der Waals surface area contributed by atoms with Crippen LogP contribution >= 0.6 is 15.9 Å². The first-order valence-electron chi connectivity index (χ1n) is 7.43. The van der Waals surface area contributed by atoms with Crippen molar-refractivity contribution < 1.29 is 0 Å². The molecule has 2 aliphatic rings. The molecule has 3 rings (SSSR count). The highest BCUT2D eigenvalue weighted by Gasteiger charge is 2.25. The minimum Gasteiger partial charge on any atom is -0.310 e. The topological polar surface area (TPSA) is 15.3 Å². The van der Waals surface area contributed by atoms with Gasteiger partial charge in [0.1, 0.15) is 0 Å². The lowest BCUT2D eigenvalue weighted by Gasteiger charge is -2.30. The molecule has 0 bridgehead atoms. The Bertz CT molecular complexity index is 438. The Labute approximate surface area is 124 Å². The van der Waals surface area contributed by atoms with Crippen LogP contribution in [0, 0.1) is 5.92 Å². The van der Waals surface area contributed by atoms with Gasteiger partial charge in [-0.25, -0.2) is 0 Å². The van der Waals surface area contributed by atoms with Crippen molar-refractivity contribution >= 4 is 15.9 Å². The van der Waals surface area contributed by atoms with Crippen LogP contribution in [0.5, 0.6) is 0 Å². The second kappa shape index (κ2) is 5.94. The number of rotatable bonds is 3. The largest absolute Gasteiger partial charge is 0.310 e. The lowest BCUT2D eigenvalue weighted by Crippen LogP contribution is -2.35. The third-order valence-electron chi connectivity index (χ3n) is 4.70. The van der Waals surface area contributed by atoms with Crippen LogP contribution in [0.15, 0.2) is 22.7 Å². The summed E-state index contributed by atoms with van der Waals surface area (Å²) in [5, 5.41) is 3.81. The van der Waals surface area contributed by atoms with Gasteiger partial charge in [-0.2, -0.15) is 0 Å². The van der Waals surface area contributed by atoms with Crippen LogP contribution in [0.25, 0.3) is 0 Å². The molecule has 0 saturated carbocycles. The van der Waals surface area contributed by atoms with E-state index in [1.165, 1.54) is 60.9 Å². The van der Waals surface area contributed by atoms with Crippen molar-refractivity contribution in [1.29, 1.82) is 0 Å². The number of nitrogens with one attached hydrogen (secondary N) is 1. The molecule has 0 spiro atoms. The summed E-state index contributed by atoms with van der Waals surface area (Å²) < 4.78 is 1.29. The first-order chi connectivity index (χ1) is 9.24. The maximum absolute atomic E-state index is 3.81. The zero-order valence-corrected chi connectivity index (χ0v) is 13.2. The van der Waals surface area contributed by atoms with Gasteiger partial charge in [0, 0.05) is 10.5 Å². The van der Waals surface area contributed by atoms with Crippen molar-refractivity contribution in [2.24, 2.45) is 5.92 Å². The average molecular weight is 323 g/mol. The van der Waals surface area contributed by atoms with Gasteiger partial charge in [0.25, 0.3) is 0 Å². The first-order valence-corrected chi connectivity index (χ1v) is 8.22. The summed E-state index contributed by atoms with van der Waals surface area (Å²) in [6.45, 7) is 3.71. The Morgan fingerprint density at radius 3 is 2.84 bits per heavy atom. The minimum atomic E-state index is 0.576. The molecule has 1 aromatic rings. The number of nitrogens with zero attached hydrogens (tertiary/aromatic N) is 1. The van der Waals surface area contributed by atoms with Crippen LogP contribution < -0.4 is 5.32 Å². The Morgan fingerprint density at radius 2 is 2.05 bits per heavy atom. The molecule has 0 radical (unpaired) electrons. The number of hydrogen-bond acceptors (Lipinski definition) is 2. The van der Waals surface area contributed by atoms with E-state index in [2.05, 4.69) is 51.4 Å². The Kier molecular flexibility index (Phi) is 4.25. The zero-order valence-electron chi connectivity index (χ0n) is 11.7. The van der Waals surface area contributed by atoms with Gasteiger partial charge in [0.15, 0.2) is 0 Å². The van der Waals surface area contributed by atoms with E-state index in [9.17, 15) is 0 Å². The van der Waals surface area contributed by atoms with Crippen molar-refractivity contribution in [3.63, 3.8) is 0 Å². The third-order valence-corrected chi connectivity index (χ3v) is 5.45. The van der Waals surface area contributed by atoms with Crippen molar-refractivity contribution in [2.75, 3.05) is 26.7 Å². The number of likely N-dealkylation sites (tertiary alicyclic amines) is 1. The summed E-state index contributed by atoms with van der Waals surface area (Å²) >= 11 is 3.68. The van der Waals surface area contributed by atoms with E-state index in [0.29, 0.717) is 6.04 Å². The van der Waals surface area contributed by atoms with Gasteiger partial charge in [-0.15, -0.1) is 0 Å². The summed E-state index contributed by atoms with van der Waals surface area (Å²) in [5.74, 6) is 0.868. The molecule has 2 nitrogen and oxygen atoms in total. The highest BCUT2D eigenvalue weighted by atomic mass is 79.9. The smallest absolute Gasteiger partial charge is 0.0326 e. The molecular weight excluding hydrogens is 300 g/mol. The molecule has 104 valence electrons. The fourth-order valence-electron chi connectivity index (χ4n) is 3.40. The number of hydrogen-bond donors (Lipinski definition) is 1. The Hall–Kier alpha value is -0.380. The zero-order chi connectivity index (χ0) is 13.2. The molecule has 1 atom stereocenters. The maximum atomic E-state index is 3.81. The maximum Gasteiger partial charge on any atom is 0.0326 e. The SMILES string of the molecule is CN1CCC(CNC2CCc3c(Br)cccc32)CC1. The quantitative estimate of drug-likeness (QED) is 0.917. The standard InChI is InChI=1S/C16H23BrN2/c1-19-9-7-12(8-10-19)11-18-16-6-5-13-14(16)3-2-4-15(13)17/h2-4,12,16,18H,5-11H2,1H3. The number of piperidine rings is 1. The summed E-state index contributed by atoms with van der Waals surface area (Å²) in [6, 6.07) is 7.20. The second-order valence-corrected chi connectivity index (χ2v) is 6.91. The van der Waals surface area contributed by atoms with Crippen LogP contribution in [0.2, 0.25) is 0 Å². The molecule has 1 aliphatic carbocycles. The minimum absolute atomic E-state index is 0.576. The monoisotopic (exact) mass is 322 g/mol. The van der Waals surface area contributed by atoms with Crippen LogP contribution in [0.3, 0.4) is 0 Å². The summed E-state index contributed by atoms with van der Waals surface area (Å²) in [7, 11) is 2.23. The van der Waals surface area contributed by atoms with E-state index in [4.69, 9.17) is 0 Å². The summed E-state index contributed by atoms with van der Waals surface area (Å²) in [4.78, 5) is 2.44. The number of benzene rings is 1. The molecular formula is C16H23BrN2. The van der Waals surface area contributed by atoms with E-state index in [0.717, 1.165) is 5.92 Å². The third kappa shape index (κ3) is 3.04. The first kappa shape index (κ1) is 13.6. The molecule has 1 N–H and O–H groups in total. The van der Waals surface area contributed by atoms with E-state index < -0.39 is 0 Å². The molecule has 1 aromatic carbocycles. The van der Waals surface area contributed by atoms with Crippen LogP contribution in [0.1, 0.15) is 36.4 Å². The lowest BCUT2D eigenvalue weighted by molar-refractivity contribution is 0.212. The van der Waals surface area contributed by atoms with Gasteiger partial charge in [0.05, 0.1) is 0 Å². The van der Waals surface area contributed by atoms with E-state index in [1.807, 2.05) is 0 Å². The van der Waals surface area contributed by atoms with Gasteiger partial charge in [0.2, 0.25) is 0 Å². The fraction of sp³-hybridized carbons (Fsp3) is 0.625. The molecule has 1 heterocycles. The van der Waals surface area contributed by atoms with Crippen molar-refractivity contribution in [1.82, 2.24) is 10.2 Å². The van der Waals surface area contributed by atoms with Crippen LogP contribution in [0.4, 0.5) is 0 Å².